The number of rotatable bonds is 12. The lowest BCUT2D eigenvalue weighted by Gasteiger charge is -2.45. The van der Waals surface area contributed by atoms with E-state index in [9.17, 15) is 29.4 Å². The van der Waals surface area contributed by atoms with E-state index in [4.69, 9.17) is 33.9 Å². The minimum atomic E-state index is -1.75. The highest BCUT2D eigenvalue weighted by Crippen LogP contribution is 2.37. The lowest BCUT2D eigenvalue weighted by Crippen LogP contribution is -2.65. The Morgan fingerprint density at radius 2 is 1.30 bits per heavy atom. The number of fused-ring (bicyclic) bond motifs is 1. The van der Waals surface area contributed by atoms with Crippen LogP contribution in [0.5, 0.6) is 11.6 Å². The van der Waals surface area contributed by atoms with Crippen LogP contribution in [-0.4, -0.2) is 87.8 Å². The van der Waals surface area contributed by atoms with Crippen molar-refractivity contribution < 1.29 is 63.3 Å². The van der Waals surface area contributed by atoms with Crippen LogP contribution >= 0.6 is 0 Å². The van der Waals surface area contributed by atoms with Crippen LogP contribution in [0.2, 0.25) is 0 Å². The summed E-state index contributed by atoms with van der Waals surface area (Å²) >= 11 is 0. The van der Waals surface area contributed by atoms with E-state index in [0.29, 0.717) is 23.7 Å². The summed E-state index contributed by atoms with van der Waals surface area (Å²) in [5, 5.41) is 25.0. The molecule has 314 valence electrons. The zero-order valence-corrected chi connectivity index (χ0v) is 34.2. The van der Waals surface area contributed by atoms with Crippen molar-refractivity contribution in [2.24, 2.45) is 21.7 Å². The molecule has 5 atom stereocenters. The molecule has 1 unspecified atom stereocenters. The van der Waals surface area contributed by atoms with Crippen LogP contribution in [0, 0.1) is 21.7 Å². The van der Waals surface area contributed by atoms with Crippen molar-refractivity contribution in [1.29, 1.82) is 0 Å². The van der Waals surface area contributed by atoms with Gasteiger partial charge in [-0.1, -0.05) is 24.3 Å². The molecule has 0 radical (unpaired) electrons. The molecule has 1 aliphatic heterocycles. The Morgan fingerprint density at radius 1 is 0.754 bits per heavy atom. The second-order valence-corrected chi connectivity index (χ2v) is 17.1. The third-order valence-corrected chi connectivity index (χ3v) is 8.90. The minimum absolute atomic E-state index is 0.0380. The van der Waals surface area contributed by atoms with E-state index in [1.54, 1.807) is 30.3 Å². The standard InChI is InChI=1S/C43H60N2O12/c1-40(2,3)36(48)52-24-29-31(54-37(49)41(4,5)6)32(55-38(50)42(7,8)9)33(56-39(51)43(10,11)12)35(53-29)57-34-30-26(19-16-25-17-20-27(47)21-18-25)14-13-15-28(30)45(44-34)22-23-46/h13-15,17-18,20-21,29,31-33,35,46-47H,16,19,22-24H2,1-12H3/t29-,31-,32+,33-,35?/m1/s1/i1D,4D,7D,10D. The molecule has 57 heavy (non-hydrogen) atoms. The third-order valence-electron chi connectivity index (χ3n) is 8.90. The van der Waals surface area contributed by atoms with Crippen LogP contribution in [-0.2, 0) is 62.2 Å². The first-order chi connectivity index (χ1) is 28.5. The van der Waals surface area contributed by atoms with Gasteiger partial charge in [0.25, 0.3) is 0 Å². The van der Waals surface area contributed by atoms with Gasteiger partial charge in [0.2, 0.25) is 18.3 Å². The fraction of sp³-hybridized carbons (Fsp3) is 0.605. The van der Waals surface area contributed by atoms with Crippen molar-refractivity contribution in [3.05, 3.63) is 53.6 Å². The quantitative estimate of drug-likeness (QED) is 0.159. The Morgan fingerprint density at radius 3 is 1.86 bits per heavy atom. The summed E-state index contributed by atoms with van der Waals surface area (Å²) in [5.74, 6) is -3.48. The number of aliphatic hydroxyl groups excluding tert-OH is 1. The van der Waals surface area contributed by atoms with E-state index >= 15 is 0 Å². The van der Waals surface area contributed by atoms with E-state index in [1.165, 1.54) is 60.1 Å². The van der Waals surface area contributed by atoms with Crippen molar-refractivity contribution in [3.63, 3.8) is 0 Å². The lowest BCUT2D eigenvalue weighted by atomic mass is 9.93. The van der Waals surface area contributed by atoms with Gasteiger partial charge in [0.05, 0.1) is 45.7 Å². The molecule has 1 aromatic heterocycles. The number of esters is 4. The highest BCUT2D eigenvalue weighted by Gasteiger charge is 2.56. The Balaban J connectivity index is 1.94. The number of aromatic nitrogens is 2. The monoisotopic (exact) mass is 800 g/mol. The molecule has 14 nitrogen and oxygen atoms in total. The summed E-state index contributed by atoms with van der Waals surface area (Å²) in [4.78, 5) is 54.9. The molecule has 1 saturated heterocycles. The number of aromatic hydroxyl groups is 1. The predicted octanol–water partition coefficient (Wildman–Crippen LogP) is 6.09. The zero-order chi connectivity index (χ0) is 45.5. The number of hydrogen-bond donors (Lipinski definition) is 2. The number of nitrogens with zero attached hydrogens (tertiary/aromatic N) is 2. The largest absolute Gasteiger partial charge is 0.508 e. The van der Waals surface area contributed by atoms with Gasteiger partial charge in [-0.25, -0.2) is 0 Å². The number of aliphatic hydroxyl groups is 1. The second kappa shape index (κ2) is 17.4. The molecule has 1 fully saturated rings. The molecule has 14 heteroatoms. The summed E-state index contributed by atoms with van der Waals surface area (Å²) in [6.45, 7) is 9.39. The van der Waals surface area contributed by atoms with Crippen LogP contribution in [0.1, 0.15) is 99.6 Å². The molecule has 0 saturated carbocycles. The average molecular weight is 801 g/mol. The van der Waals surface area contributed by atoms with E-state index in [2.05, 4.69) is 5.10 Å². The third kappa shape index (κ3) is 11.5. The van der Waals surface area contributed by atoms with Crippen molar-refractivity contribution in [1.82, 2.24) is 9.78 Å². The molecule has 0 aliphatic carbocycles. The molecule has 4 rings (SSSR count). The van der Waals surface area contributed by atoms with Crippen LogP contribution in [0.25, 0.3) is 10.9 Å². The summed E-state index contributed by atoms with van der Waals surface area (Å²) < 4.78 is 70.5. The highest BCUT2D eigenvalue weighted by atomic mass is 16.7. The molecule has 1 aliphatic rings. The van der Waals surface area contributed by atoms with Gasteiger partial charge in [-0.15, -0.1) is 5.10 Å². The Hall–Kier alpha value is -4.69. The van der Waals surface area contributed by atoms with Gasteiger partial charge in [-0.2, -0.15) is 0 Å². The normalized spacial score (nSPS) is 21.4. The van der Waals surface area contributed by atoms with Gasteiger partial charge < -0.3 is 38.6 Å². The van der Waals surface area contributed by atoms with Crippen molar-refractivity contribution >= 4 is 34.8 Å². The molecule has 0 bridgehead atoms. The number of phenolic OH excluding ortho intramolecular Hbond substituents is 1. The van der Waals surface area contributed by atoms with Gasteiger partial charge in [0.15, 0.2) is 12.2 Å². The summed E-state index contributed by atoms with van der Waals surface area (Å²) in [6.07, 6.45) is -7.39. The second-order valence-electron chi connectivity index (χ2n) is 17.1. The van der Waals surface area contributed by atoms with Crippen LogP contribution in [0.15, 0.2) is 42.5 Å². The lowest BCUT2D eigenvalue weighted by molar-refractivity contribution is -0.294. The van der Waals surface area contributed by atoms with E-state index < -0.39 is 104 Å². The number of benzene rings is 2. The smallest absolute Gasteiger partial charge is 0.311 e. The van der Waals surface area contributed by atoms with Crippen molar-refractivity contribution in [2.45, 2.75) is 133 Å². The van der Waals surface area contributed by atoms with Gasteiger partial charge in [-0.3, -0.25) is 23.9 Å². The Bertz CT molecular complexity index is 2000. The highest BCUT2D eigenvalue weighted by molar-refractivity contribution is 5.88. The number of carbonyl (C=O) groups excluding carboxylic acids is 4. The maximum absolute atomic E-state index is 13.9. The van der Waals surface area contributed by atoms with Gasteiger partial charge in [0, 0.05) is 5.48 Å². The average Bonchev–Trinajstić information content (AvgIpc) is 3.58. The SMILES string of the molecule is [2H]CC(C)(C)C(=O)OC[C@H]1OC(Oc2nn(CCO)c3cccc(CCc4ccc(O)cc4)c23)[C@H](OC(=O)C(C)(C)C[2H])[C@@H](OC(=O)C(C)(C)C[2H])[C@@H]1OC(=O)C(C)(C)C[2H]. The van der Waals surface area contributed by atoms with Crippen LogP contribution in [0.3, 0.4) is 0 Å². The first-order valence-electron chi connectivity index (χ1n) is 21.5. The summed E-state index contributed by atoms with van der Waals surface area (Å²) in [7, 11) is 0. The molecule has 0 amide bonds. The number of ether oxygens (including phenoxy) is 6. The van der Waals surface area contributed by atoms with Gasteiger partial charge in [0.1, 0.15) is 18.5 Å². The van der Waals surface area contributed by atoms with E-state index in [-0.39, 0.29) is 31.7 Å². The molecule has 2 N–H and O–H groups in total. The van der Waals surface area contributed by atoms with Gasteiger partial charge >= 0.3 is 23.9 Å². The minimum Gasteiger partial charge on any atom is -0.508 e. The fourth-order valence-corrected chi connectivity index (χ4v) is 5.58. The van der Waals surface area contributed by atoms with E-state index in [0.717, 1.165) is 11.1 Å². The van der Waals surface area contributed by atoms with Crippen LogP contribution in [0.4, 0.5) is 0 Å². The molecule has 3 aromatic rings. The topological polar surface area (TPSA) is 182 Å². The molecular weight excluding hydrogens is 736 g/mol. The maximum atomic E-state index is 13.9. The summed E-state index contributed by atoms with van der Waals surface area (Å²) in [5.41, 5.74) is -3.24. The zero-order valence-electron chi connectivity index (χ0n) is 38.2. The first-order valence-corrected chi connectivity index (χ1v) is 18.7. The fourth-order valence-electron chi connectivity index (χ4n) is 5.58. The number of phenols is 1. The van der Waals surface area contributed by atoms with E-state index in [1.807, 2.05) is 12.1 Å². The molecule has 0 spiro atoms. The van der Waals surface area contributed by atoms with Gasteiger partial charge in [-0.05, 0) is 125 Å². The predicted molar refractivity (Wildman–Crippen MR) is 210 cm³/mol. The number of hydrogen-bond acceptors (Lipinski definition) is 13. The Labute approximate surface area is 340 Å². The molecule has 2 heterocycles. The maximum Gasteiger partial charge on any atom is 0.311 e. The molecular formula is C43H60N2O12. The Kier molecular flexibility index (Phi) is 12.0. The molecule has 2 aromatic carbocycles. The number of aryl methyl sites for hydroxylation is 2. The first kappa shape index (κ1) is 39.2. The van der Waals surface area contributed by atoms with Crippen LogP contribution < -0.4 is 4.74 Å². The number of carbonyl (C=O) groups is 4. The van der Waals surface area contributed by atoms with Crippen molar-refractivity contribution in [3.8, 4) is 11.6 Å². The summed E-state index contributed by atoms with van der Waals surface area (Å²) in [6, 6.07) is 12.2. The van der Waals surface area contributed by atoms with Crippen molar-refractivity contribution in [2.75, 3.05) is 13.2 Å².